The maximum absolute atomic E-state index is 12.2. The molecule has 2 aliphatic heterocycles. The van der Waals surface area contributed by atoms with Crippen molar-refractivity contribution >= 4 is 12.0 Å². The van der Waals surface area contributed by atoms with Crippen molar-refractivity contribution in [3.05, 3.63) is 12.7 Å². The first kappa shape index (κ1) is 18.8. The topological polar surface area (TPSA) is 59.1 Å². The van der Waals surface area contributed by atoms with E-state index in [1.165, 1.54) is 0 Å². The number of ether oxygens (including phenoxy) is 2. The quantitative estimate of drug-likeness (QED) is 0.479. The Balaban J connectivity index is 1.77. The van der Waals surface area contributed by atoms with Crippen molar-refractivity contribution in [1.82, 2.24) is 9.80 Å². The average Bonchev–Trinajstić information content (AvgIpc) is 2.97. The van der Waals surface area contributed by atoms with Crippen LogP contribution in [0.15, 0.2) is 12.7 Å². The minimum atomic E-state index is -0.182. The van der Waals surface area contributed by atoms with Crippen LogP contribution in [0.1, 0.15) is 45.4 Å². The van der Waals surface area contributed by atoms with Crippen LogP contribution in [0, 0.1) is 0 Å². The summed E-state index contributed by atoms with van der Waals surface area (Å²) in [7, 11) is 0. The summed E-state index contributed by atoms with van der Waals surface area (Å²) in [6, 6.07) is 0.403. The van der Waals surface area contributed by atoms with Crippen molar-refractivity contribution in [3.8, 4) is 0 Å². The largest absolute Gasteiger partial charge is 0.447 e. The van der Waals surface area contributed by atoms with Crippen molar-refractivity contribution in [2.24, 2.45) is 0 Å². The third-order valence-corrected chi connectivity index (χ3v) is 4.80. The van der Waals surface area contributed by atoms with Crippen molar-refractivity contribution < 1.29 is 19.1 Å². The second-order valence-corrected chi connectivity index (χ2v) is 6.51. The molecular formula is C18H30N2O4. The molecule has 2 heterocycles. The molecule has 2 saturated heterocycles. The maximum Gasteiger partial charge on any atom is 0.410 e. The van der Waals surface area contributed by atoms with E-state index in [0.717, 1.165) is 32.1 Å². The van der Waals surface area contributed by atoms with E-state index in [-0.39, 0.29) is 24.1 Å². The molecule has 0 aromatic rings. The van der Waals surface area contributed by atoms with Crippen molar-refractivity contribution in [2.45, 2.75) is 57.5 Å². The zero-order valence-electron chi connectivity index (χ0n) is 14.7. The van der Waals surface area contributed by atoms with Crippen LogP contribution in [0.4, 0.5) is 4.79 Å². The van der Waals surface area contributed by atoms with Crippen LogP contribution in [0.3, 0.4) is 0 Å². The lowest BCUT2D eigenvalue weighted by Crippen LogP contribution is -2.49. The average molecular weight is 338 g/mol. The molecule has 0 aromatic carbocycles. The standard InChI is InChI=1S/C18H30N2O4/c1-3-5-6-16-14-24-18(22)20(16)15-7-10-19(11-8-15)17(21)9-13-23-12-4-2/h4,15-16H,2-3,5-14H2,1H3. The summed E-state index contributed by atoms with van der Waals surface area (Å²) in [5.41, 5.74) is 0. The summed E-state index contributed by atoms with van der Waals surface area (Å²) in [6.07, 6.45) is 6.80. The first-order valence-corrected chi connectivity index (χ1v) is 9.08. The second-order valence-electron chi connectivity index (χ2n) is 6.51. The maximum atomic E-state index is 12.2. The first-order valence-electron chi connectivity index (χ1n) is 9.08. The lowest BCUT2D eigenvalue weighted by molar-refractivity contribution is -0.133. The third-order valence-electron chi connectivity index (χ3n) is 4.80. The Kier molecular flexibility index (Phi) is 7.56. The number of carbonyl (C=O) groups is 2. The Labute approximate surface area is 144 Å². The molecule has 0 bridgehead atoms. The monoisotopic (exact) mass is 338 g/mol. The van der Waals surface area contributed by atoms with Gasteiger partial charge in [0.2, 0.25) is 5.91 Å². The van der Waals surface area contributed by atoms with Crippen LogP contribution in [-0.2, 0) is 14.3 Å². The number of cyclic esters (lactones) is 1. The summed E-state index contributed by atoms with van der Waals surface area (Å²) < 4.78 is 10.5. The molecule has 6 heteroatoms. The van der Waals surface area contributed by atoms with Gasteiger partial charge in [0.05, 0.1) is 25.7 Å². The van der Waals surface area contributed by atoms with Gasteiger partial charge in [0.25, 0.3) is 0 Å². The highest BCUT2D eigenvalue weighted by atomic mass is 16.6. The fraction of sp³-hybridized carbons (Fsp3) is 0.778. The van der Waals surface area contributed by atoms with Crippen molar-refractivity contribution in [3.63, 3.8) is 0 Å². The number of amides is 2. The Morgan fingerprint density at radius 3 is 2.83 bits per heavy atom. The summed E-state index contributed by atoms with van der Waals surface area (Å²) in [5.74, 6) is 0.129. The minimum Gasteiger partial charge on any atom is -0.447 e. The van der Waals surface area contributed by atoms with Gasteiger partial charge in [-0.15, -0.1) is 6.58 Å². The van der Waals surface area contributed by atoms with Gasteiger partial charge in [-0.25, -0.2) is 4.79 Å². The van der Waals surface area contributed by atoms with Gasteiger partial charge in [-0.1, -0.05) is 25.8 Å². The van der Waals surface area contributed by atoms with E-state index >= 15 is 0 Å². The van der Waals surface area contributed by atoms with E-state index in [0.29, 0.717) is 39.3 Å². The molecule has 2 amide bonds. The molecule has 0 spiro atoms. The molecular weight excluding hydrogens is 308 g/mol. The van der Waals surface area contributed by atoms with Gasteiger partial charge in [-0.05, 0) is 19.3 Å². The van der Waals surface area contributed by atoms with Gasteiger partial charge in [0.1, 0.15) is 6.61 Å². The van der Waals surface area contributed by atoms with E-state index in [4.69, 9.17) is 9.47 Å². The number of hydrogen-bond acceptors (Lipinski definition) is 4. The number of likely N-dealkylation sites (tertiary alicyclic amines) is 1. The van der Waals surface area contributed by atoms with Crippen LogP contribution in [0.2, 0.25) is 0 Å². The Hall–Kier alpha value is -1.56. The first-order chi connectivity index (χ1) is 11.7. The van der Waals surface area contributed by atoms with E-state index in [1.807, 2.05) is 9.80 Å². The molecule has 0 saturated carbocycles. The summed E-state index contributed by atoms with van der Waals surface area (Å²) in [6.45, 7) is 8.57. The van der Waals surface area contributed by atoms with Crippen LogP contribution in [0.5, 0.6) is 0 Å². The molecule has 0 aromatic heterocycles. The van der Waals surface area contributed by atoms with Crippen LogP contribution in [-0.4, -0.2) is 66.8 Å². The van der Waals surface area contributed by atoms with Crippen LogP contribution >= 0.6 is 0 Å². The number of unbranched alkanes of at least 4 members (excludes halogenated alkanes) is 1. The molecule has 2 fully saturated rings. The van der Waals surface area contributed by atoms with Gasteiger partial charge >= 0.3 is 6.09 Å². The highest BCUT2D eigenvalue weighted by Gasteiger charge is 2.39. The highest BCUT2D eigenvalue weighted by Crippen LogP contribution is 2.26. The van der Waals surface area contributed by atoms with Gasteiger partial charge in [-0.3, -0.25) is 9.69 Å². The van der Waals surface area contributed by atoms with E-state index in [1.54, 1.807) is 6.08 Å². The van der Waals surface area contributed by atoms with Gasteiger partial charge in [0, 0.05) is 19.1 Å². The van der Waals surface area contributed by atoms with E-state index in [9.17, 15) is 9.59 Å². The predicted octanol–water partition coefficient (Wildman–Crippen LogP) is 2.58. The predicted molar refractivity (Wildman–Crippen MR) is 91.7 cm³/mol. The molecule has 0 aliphatic carbocycles. The number of hydrogen-bond donors (Lipinski definition) is 0. The summed E-state index contributed by atoms with van der Waals surface area (Å²) in [4.78, 5) is 28.1. The summed E-state index contributed by atoms with van der Waals surface area (Å²) >= 11 is 0. The molecule has 0 N–H and O–H groups in total. The van der Waals surface area contributed by atoms with E-state index < -0.39 is 0 Å². The van der Waals surface area contributed by atoms with Gasteiger partial charge in [0.15, 0.2) is 0 Å². The normalized spacial score (nSPS) is 21.9. The molecule has 2 rings (SSSR count). The smallest absolute Gasteiger partial charge is 0.410 e. The number of rotatable bonds is 9. The van der Waals surface area contributed by atoms with Crippen LogP contribution in [0.25, 0.3) is 0 Å². The third kappa shape index (κ3) is 4.97. The highest BCUT2D eigenvalue weighted by molar-refractivity contribution is 5.76. The molecule has 2 aliphatic rings. The molecule has 1 atom stereocenters. The van der Waals surface area contributed by atoms with Crippen molar-refractivity contribution in [2.75, 3.05) is 32.9 Å². The molecule has 1 unspecified atom stereocenters. The molecule has 24 heavy (non-hydrogen) atoms. The van der Waals surface area contributed by atoms with Crippen LogP contribution < -0.4 is 0 Å². The Morgan fingerprint density at radius 2 is 2.17 bits per heavy atom. The molecule has 0 radical (unpaired) electrons. The molecule has 6 nitrogen and oxygen atoms in total. The fourth-order valence-electron chi connectivity index (χ4n) is 3.46. The zero-order chi connectivity index (χ0) is 17.4. The Morgan fingerprint density at radius 1 is 1.42 bits per heavy atom. The lowest BCUT2D eigenvalue weighted by Gasteiger charge is -2.38. The Bertz CT molecular complexity index is 433. The zero-order valence-corrected chi connectivity index (χ0v) is 14.7. The fourth-order valence-corrected chi connectivity index (χ4v) is 3.46. The number of carbonyl (C=O) groups excluding carboxylic acids is 2. The number of nitrogens with zero attached hydrogens (tertiary/aromatic N) is 2. The minimum absolute atomic E-state index is 0.129. The second kappa shape index (κ2) is 9.67. The van der Waals surface area contributed by atoms with Crippen molar-refractivity contribution in [1.29, 1.82) is 0 Å². The lowest BCUT2D eigenvalue weighted by atomic mass is 10.00. The SMILES string of the molecule is C=CCOCCC(=O)N1CCC(N2C(=O)OCC2CCCC)CC1. The molecule has 136 valence electrons. The number of piperidine rings is 1. The van der Waals surface area contributed by atoms with Gasteiger partial charge in [-0.2, -0.15) is 0 Å². The van der Waals surface area contributed by atoms with E-state index in [2.05, 4.69) is 13.5 Å². The van der Waals surface area contributed by atoms with Gasteiger partial charge < -0.3 is 14.4 Å². The summed E-state index contributed by atoms with van der Waals surface area (Å²) in [5, 5.41) is 0.